The third-order valence-corrected chi connectivity index (χ3v) is 2.83. The van der Waals surface area contributed by atoms with E-state index in [0.717, 1.165) is 19.6 Å². The minimum absolute atomic E-state index is 0.131. The number of piperazine rings is 1. The Morgan fingerprint density at radius 1 is 1.64 bits per heavy atom. The summed E-state index contributed by atoms with van der Waals surface area (Å²) in [6.45, 7) is 7.28. The molecule has 4 nitrogen and oxygen atoms in total. The van der Waals surface area contributed by atoms with E-state index in [1.165, 1.54) is 7.11 Å². The molecule has 2 unspecified atom stereocenters. The van der Waals surface area contributed by atoms with Crippen molar-refractivity contribution in [2.75, 3.05) is 26.7 Å². The van der Waals surface area contributed by atoms with Crippen LogP contribution in [0.15, 0.2) is 0 Å². The first-order chi connectivity index (χ1) is 6.67. The quantitative estimate of drug-likeness (QED) is 0.662. The number of carbonyl (C=O) groups is 1. The number of carbonyl (C=O) groups excluding carboxylic acids is 1. The van der Waals surface area contributed by atoms with Gasteiger partial charge in [-0.05, 0) is 13.5 Å². The normalized spacial score (nSPS) is 28.8. The van der Waals surface area contributed by atoms with Crippen LogP contribution in [0.5, 0.6) is 0 Å². The largest absolute Gasteiger partial charge is 0.469 e. The zero-order valence-electron chi connectivity index (χ0n) is 9.25. The van der Waals surface area contributed by atoms with Crippen molar-refractivity contribution in [3.8, 4) is 0 Å². The molecule has 0 aromatic carbocycles. The Balaban J connectivity index is 2.38. The van der Waals surface area contributed by atoms with Gasteiger partial charge in [0.15, 0.2) is 0 Å². The minimum atomic E-state index is -0.131. The lowest BCUT2D eigenvalue weighted by atomic mass is 10.1. The molecule has 2 atom stereocenters. The second-order valence-corrected chi connectivity index (χ2v) is 3.82. The number of hydrogen-bond acceptors (Lipinski definition) is 4. The zero-order valence-corrected chi connectivity index (χ0v) is 9.25. The van der Waals surface area contributed by atoms with Crippen LogP contribution in [0.4, 0.5) is 0 Å². The molecular formula is C10H20N2O2. The standard InChI is InChI=1S/C10H20N2O2/c1-4-12-7-9(5-10(13)14-3)11-6-8(12)2/h8-9,11H,4-7H2,1-3H3. The van der Waals surface area contributed by atoms with Crippen molar-refractivity contribution in [2.45, 2.75) is 32.4 Å². The fourth-order valence-electron chi connectivity index (χ4n) is 1.86. The summed E-state index contributed by atoms with van der Waals surface area (Å²) in [5, 5.41) is 3.36. The number of nitrogens with zero attached hydrogens (tertiary/aromatic N) is 1. The smallest absolute Gasteiger partial charge is 0.307 e. The summed E-state index contributed by atoms with van der Waals surface area (Å²) >= 11 is 0. The van der Waals surface area contributed by atoms with Gasteiger partial charge in [-0.15, -0.1) is 0 Å². The van der Waals surface area contributed by atoms with Gasteiger partial charge in [0.1, 0.15) is 0 Å². The molecular weight excluding hydrogens is 180 g/mol. The van der Waals surface area contributed by atoms with Crippen molar-refractivity contribution >= 4 is 5.97 Å². The van der Waals surface area contributed by atoms with Crippen molar-refractivity contribution in [3.63, 3.8) is 0 Å². The molecule has 0 bridgehead atoms. The third-order valence-electron chi connectivity index (χ3n) is 2.83. The van der Waals surface area contributed by atoms with Crippen LogP contribution in [0.25, 0.3) is 0 Å². The maximum Gasteiger partial charge on any atom is 0.307 e. The van der Waals surface area contributed by atoms with Crippen LogP contribution in [-0.2, 0) is 9.53 Å². The number of hydrogen-bond donors (Lipinski definition) is 1. The third kappa shape index (κ3) is 2.96. The molecule has 0 spiro atoms. The number of rotatable bonds is 3. The van der Waals surface area contributed by atoms with E-state index in [4.69, 9.17) is 0 Å². The van der Waals surface area contributed by atoms with E-state index in [1.54, 1.807) is 0 Å². The molecule has 1 N–H and O–H groups in total. The van der Waals surface area contributed by atoms with Crippen LogP contribution < -0.4 is 5.32 Å². The Bertz CT molecular complexity index is 197. The van der Waals surface area contributed by atoms with Crippen LogP contribution in [0, 0.1) is 0 Å². The lowest BCUT2D eigenvalue weighted by molar-refractivity contribution is -0.141. The molecule has 4 heteroatoms. The number of esters is 1. The van der Waals surface area contributed by atoms with E-state index in [9.17, 15) is 4.79 Å². The van der Waals surface area contributed by atoms with Crippen LogP contribution in [0.1, 0.15) is 20.3 Å². The highest BCUT2D eigenvalue weighted by Crippen LogP contribution is 2.08. The molecule has 0 aromatic heterocycles. The van der Waals surface area contributed by atoms with Crippen molar-refractivity contribution in [2.24, 2.45) is 0 Å². The molecule has 1 saturated heterocycles. The van der Waals surface area contributed by atoms with Crippen molar-refractivity contribution in [1.82, 2.24) is 10.2 Å². The average molecular weight is 200 g/mol. The Hall–Kier alpha value is -0.610. The molecule has 1 aliphatic rings. The van der Waals surface area contributed by atoms with E-state index < -0.39 is 0 Å². The average Bonchev–Trinajstić information content (AvgIpc) is 2.20. The SMILES string of the molecule is CCN1CC(CC(=O)OC)NCC1C. The molecule has 1 heterocycles. The first-order valence-corrected chi connectivity index (χ1v) is 5.21. The highest BCUT2D eigenvalue weighted by Gasteiger charge is 2.25. The summed E-state index contributed by atoms with van der Waals surface area (Å²) in [6, 6.07) is 0.812. The summed E-state index contributed by atoms with van der Waals surface area (Å²) in [5.41, 5.74) is 0. The monoisotopic (exact) mass is 200 g/mol. The van der Waals surface area contributed by atoms with Crippen LogP contribution in [-0.4, -0.2) is 49.7 Å². The fraction of sp³-hybridized carbons (Fsp3) is 0.900. The lowest BCUT2D eigenvalue weighted by Gasteiger charge is -2.37. The van der Waals surface area contributed by atoms with Gasteiger partial charge in [0, 0.05) is 25.2 Å². The molecule has 82 valence electrons. The van der Waals surface area contributed by atoms with E-state index in [0.29, 0.717) is 12.5 Å². The maximum absolute atomic E-state index is 11.1. The highest BCUT2D eigenvalue weighted by molar-refractivity contribution is 5.69. The summed E-state index contributed by atoms with van der Waals surface area (Å²) in [6.07, 6.45) is 0.472. The summed E-state index contributed by atoms with van der Waals surface area (Å²) in [5.74, 6) is -0.131. The van der Waals surface area contributed by atoms with E-state index >= 15 is 0 Å². The van der Waals surface area contributed by atoms with Crippen molar-refractivity contribution in [3.05, 3.63) is 0 Å². The molecule has 0 aliphatic carbocycles. The molecule has 14 heavy (non-hydrogen) atoms. The zero-order chi connectivity index (χ0) is 10.6. The highest BCUT2D eigenvalue weighted by atomic mass is 16.5. The van der Waals surface area contributed by atoms with Gasteiger partial charge in [0.25, 0.3) is 0 Å². The Kier molecular flexibility index (Phi) is 4.35. The van der Waals surface area contributed by atoms with Gasteiger partial charge >= 0.3 is 5.97 Å². The first kappa shape index (κ1) is 11.5. The molecule has 0 radical (unpaired) electrons. The predicted molar refractivity (Wildman–Crippen MR) is 55.1 cm³/mol. The van der Waals surface area contributed by atoms with E-state index in [-0.39, 0.29) is 12.0 Å². The second kappa shape index (κ2) is 5.32. The van der Waals surface area contributed by atoms with Gasteiger partial charge in [-0.1, -0.05) is 6.92 Å². The molecule has 0 saturated carbocycles. The van der Waals surface area contributed by atoms with Gasteiger partial charge in [-0.3, -0.25) is 9.69 Å². The lowest BCUT2D eigenvalue weighted by Crippen LogP contribution is -2.55. The predicted octanol–water partition coefficient (Wildman–Crippen LogP) is 0.232. The van der Waals surface area contributed by atoms with Crippen molar-refractivity contribution in [1.29, 1.82) is 0 Å². The first-order valence-electron chi connectivity index (χ1n) is 5.21. The van der Waals surface area contributed by atoms with Crippen LogP contribution in [0.3, 0.4) is 0 Å². The summed E-state index contributed by atoms with van der Waals surface area (Å²) in [7, 11) is 1.44. The fourth-order valence-corrected chi connectivity index (χ4v) is 1.86. The Morgan fingerprint density at radius 2 is 2.36 bits per heavy atom. The molecule has 1 rings (SSSR count). The van der Waals surface area contributed by atoms with Gasteiger partial charge in [0.2, 0.25) is 0 Å². The topological polar surface area (TPSA) is 41.6 Å². The van der Waals surface area contributed by atoms with E-state index in [2.05, 4.69) is 28.8 Å². The van der Waals surface area contributed by atoms with Crippen LogP contribution >= 0.6 is 0 Å². The molecule has 1 aliphatic heterocycles. The number of methoxy groups -OCH3 is 1. The van der Waals surface area contributed by atoms with Crippen molar-refractivity contribution < 1.29 is 9.53 Å². The number of ether oxygens (including phenoxy) is 1. The van der Waals surface area contributed by atoms with E-state index in [1.807, 2.05) is 0 Å². The van der Waals surface area contributed by atoms with Gasteiger partial charge in [-0.25, -0.2) is 0 Å². The number of likely N-dealkylation sites (N-methyl/N-ethyl adjacent to an activating group) is 1. The van der Waals surface area contributed by atoms with Crippen LogP contribution in [0.2, 0.25) is 0 Å². The second-order valence-electron chi connectivity index (χ2n) is 3.82. The Labute approximate surface area is 85.6 Å². The van der Waals surface area contributed by atoms with Gasteiger partial charge in [0.05, 0.1) is 13.5 Å². The van der Waals surface area contributed by atoms with Gasteiger partial charge in [-0.2, -0.15) is 0 Å². The summed E-state index contributed by atoms with van der Waals surface area (Å²) < 4.78 is 4.65. The van der Waals surface area contributed by atoms with Gasteiger partial charge < -0.3 is 10.1 Å². The molecule has 1 fully saturated rings. The number of nitrogens with one attached hydrogen (secondary N) is 1. The summed E-state index contributed by atoms with van der Waals surface area (Å²) in [4.78, 5) is 13.5. The minimum Gasteiger partial charge on any atom is -0.469 e. The molecule has 0 amide bonds. The Morgan fingerprint density at radius 3 is 2.93 bits per heavy atom. The molecule has 0 aromatic rings. The maximum atomic E-state index is 11.1.